The van der Waals surface area contributed by atoms with Crippen molar-refractivity contribution in [2.75, 3.05) is 0 Å². The molecule has 2 aromatic rings. The van der Waals surface area contributed by atoms with Gasteiger partial charge in [-0.3, -0.25) is 15.1 Å². The van der Waals surface area contributed by atoms with E-state index in [4.69, 9.17) is 0 Å². The highest BCUT2D eigenvalue weighted by atomic mass is 16.6. The maximum absolute atomic E-state index is 11.0. The Balaban J connectivity index is 2.61. The topological polar surface area (TPSA) is 56.0 Å². The van der Waals surface area contributed by atoms with Crippen LogP contribution in [-0.2, 0) is 6.42 Å². The summed E-state index contributed by atoms with van der Waals surface area (Å²) in [6, 6.07) is 6.99. The normalized spacial score (nSPS) is 10.6. The highest BCUT2D eigenvalue weighted by molar-refractivity contribution is 5.85. The number of benzene rings is 1. The van der Waals surface area contributed by atoms with E-state index in [1.54, 1.807) is 18.3 Å². The summed E-state index contributed by atoms with van der Waals surface area (Å²) in [5.41, 5.74) is 1.84. The van der Waals surface area contributed by atoms with E-state index in [1.165, 1.54) is 0 Å². The van der Waals surface area contributed by atoms with E-state index in [9.17, 15) is 10.1 Å². The molecule has 88 valence electrons. The Morgan fingerprint density at radius 3 is 2.88 bits per heavy atom. The first-order chi connectivity index (χ1) is 8.24. The zero-order valence-electron chi connectivity index (χ0n) is 9.72. The molecule has 0 saturated carbocycles. The molecule has 2 rings (SSSR count). The van der Waals surface area contributed by atoms with Gasteiger partial charge < -0.3 is 0 Å². The molecule has 1 aromatic heterocycles. The zero-order valence-corrected chi connectivity index (χ0v) is 9.72. The van der Waals surface area contributed by atoms with E-state index in [0.29, 0.717) is 0 Å². The molecule has 1 heterocycles. The highest BCUT2D eigenvalue weighted by Crippen LogP contribution is 2.28. The molecule has 1 aromatic carbocycles. The van der Waals surface area contributed by atoms with Crippen molar-refractivity contribution in [1.29, 1.82) is 0 Å². The number of rotatable bonds is 4. The molecule has 0 fully saturated rings. The van der Waals surface area contributed by atoms with Crippen LogP contribution in [0.1, 0.15) is 25.3 Å². The number of nitro groups is 1. The van der Waals surface area contributed by atoms with Crippen LogP contribution in [0.15, 0.2) is 30.5 Å². The zero-order chi connectivity index (χ0) is 12.3. The van der Waals surface area contributed by atoms with Gasteiger partial charge in [0, 0.05) is 23.2 Å². The Morgan fingerprint density at radius 1 is 1.35 bits per heavy atom. The third kappa shape index (κ3) is 2.25. The summed E-state index contributed by atoms with van der Waals surface area (Å²) in [7, 11) is 0. The summed E-state index contributed by atoms with van der Waals surface area (Å²) >= 11 is 0. The van der Waals surface area contributed by atoms with E-state index in [0.717, 1.165) is 35.7 Å². The van der Waals surface area contributed by atoms with E-state index in [-0.39, 0.29) is 10.6 Å². The maximum atomic E-state index is 11.0. The van der Waals surface area contributed by atoms with Crippen LogP contribution in [0.3, 0.4) is 0 Å². The standard InChI is InChI=1S/C13H14N2O2/c1-2-3-5-11-10-6-4-9-14-12(10)7-8-13(11)15(16)17/h4,6-9H,2-3,5H2,1H3. The van der Waals surface area contributed by atoms with Crippen molar-refractivity contribution in [3.8, 4) is 0 Å². The van der Waals surface area contributed by atoms with Crippen molar-refractivity contribution in [1.82, 2.24) is 4.98 Å². The molecular formula is C13H14N2O2. The fourth-order valence-electron chi connectivity index (χ4n) is 1.99. The van der Waals surface area contributed by atoms with Gasteiger partial charge in [0.25, 0.3) is 5.69 Å². The lowest BCUT2D eigenvalue weighted by molar-refractivity contribution is -0.385. The monoisotopic (exact) mass is 230 g/mol. The molecule has 4 nitrogen and oxygen atoms in total. The molecule has 0 amide bonds. The van der Waals surface area contributed by atoms with E-state index in [2.05, 4.69) is 11.9 Å². The van der Waals surface area contributed by atoms with Crippen LogP contribution in [-0.4, -0.2) is 9.91 Å². The Morgan fingerprint density at radius 2 is 2.18 bits per heavy atom. The van der Waals surface area contributed by atoms with Crippen LogP contribution >= 0.6 is 0 Å². The largest absolute Gasteiger partial charge is 0.273 e. The van der Waals surface area contributed by atoms with Gasteiger partial charge in [0.05, 0.1) is 10.4 Å². The molecule has 0 spiro atoms. The number of fused-ring (bicyclic) bond motifs is 1. The first-order valence-electron chi connectivity index (χ1n) is 5.75. The molecule has 0 unspecified atom stereocenters. The number of aryl methyl sites for hydroxylation is 1. The van der Waals surface area contributed by atoms with Gasteiger partial charge in [0.1, 0.15) is 0 Å². The van der Waals surface area contributed by atoms with Crippen LogP contribution in [0.2, 0.25) is 0 Å². The molecule has 0 saturated heterocycles. The smallest absolute Gasteiger partial charge is 0.258 e. The van der Waals surface area contributed by atoms with Crippen LogP contribution in [0.5, 0.6) is 0 Å². The highest BCUT2D eigenvalue weighted by Gasteiger charge is 2.16. The van der Waals surface area contributed by atoms with Crippen LogP contribution < -0.4 is 0 Å². The average Bonchev–Trinajstić information content (AvgIpc) is 2.35. The fraction of sp³-hybridized carbons (Fsp3) is 0.308. The van der Waals surface area contributed by atoms with Crippen molar-refractivity contribution >= 4 is 16.6 Å². The van der Waals surface area contributed by atoms with Gasteiger partial charge in [-0.25, -0.2) is 0 Å². The Labute approximate surface area is 99.4 Å². The minimum atomic E-state index is -0.308. The molecule has 0 aliphatic carbocycles. The lowest BCUT2D eigenvalue weighted by Gasteiger charge is -2.06. The number of nitrogens with zero attached hydrogens (tertiary/aromatic N) is 2. The number of nitro benzene ring substituents is 1. The number of hydrogen-bond acceptors (Lipinski definition) is 3. The second-order valence-corrected chi connectivity index (χ2v) is 3.99. The molecular weight excluding hydrogens is 216 g/mol. The Kier molecular flexibility index (Phi) is 3.32. The van der Waals surface area contributed by atoms with Crippen molar-refractivity contribution in [3.05, 3.63) is 46.1 Å². The van der Waals surface area contributed by atoms with E-state index >= 15 is 0 Å². The lowest BCUT2D eigenvalue weighted by Crippen LogP contribution is -1.97. The third-order valence-corrected chi connectivity index (χ3v) is 2.85. The van der Waals surface area contributed by atoms with Crippen LogP contribution in [0, 0.1) is 10.1 Å². The number of pyridine rings is 1. The van der Waals surface area contributed by atoms with E-state index in [1.807, 2.05) is 12.1 Å². The summed E-state index contributed by atoms with van der Waals surface area (Å²) in [6.07, 6.45) is 4.41. The summed E-state index contributed by atoms with van der Waals surface area (Å²) in [5, 5.41) is 11.9. The van der Waals surface area contributed by atoms with Crippen molar-refractivity contribution in [2.45, 2.75) is 26.2 Å². The maximum Gasteiger partial charge on any atom is 0.273 e. The molecule has 0 bridgehead atoms. The van der Waals surface area contributed by atoms with Gasteiger partial charge in [0.2, 0.25) is 0 Å². The number of hydrogen-bond donors (Lipinski definition) is 0. The van der Waals surface area contributed by atoms with Gasteiger partial charge >= 0.3 is 0 Å². The first-order valence-corrected chi connectivity index (χ1v) is 5.75. The molecule has 0 aliphatic rings. The Bertz CT molecular complexity index is 552. The fourth-order valence-corrected chi connectivity index (χ4v) is 1.99. The van der Waals surface area contributed by atoms with Gasteiger partial charge in [-0.1, -0.05) is 19.4 Å². The first kappa shape index (κ1) is 11.5. The number of aromatic nitrogens is 1. The lowest BCUT2D eigenvalue weighted by atomic mass is 10.0. The second kappa shape index (κ2) is 4.91. The van der Waals surface area contributed by atoms with Gasteiger partial charge in [-0.15, -0.1) is 0 Å². The SMILES string of the molecule is CCCCc1c([N+](=O)[O-])ccc2ncccc12. The summed E-state index contributed by atoms with van der Waals surface area (Å²) in [6.45, 7) is 2.08. The average molecular weight is 230 g/mol. The summed E-state index contributed by atoms with van der Waals surface area (Å²) < 4.78 is 0. The number of unbranched alkanes of at least 4 members (excludes halogenated alkanes) is 1. The molecule has 0 N–H and O–H groups in total. The minimum absolute atomic E-state index is 0.207. The minimum Gasteiger partial charge on any atom is -0.258 e. The van der Waals surface area contributed by atoms with Crippen molar-refractivity contribution in [2.24, 2.45) is 0 Å². The molecule has 17 heavy (non-hydrogen) atoms. The van der Waals surface area contributed by atoms with Gasteiger partial charge in [-0.2, -0.15) is 0 Å². The second-order valence-electron chi connectivity index (χ2n) is 3.99. The van der Waals surface area contributed by atoms with Gasteiger partial charge in [0.15, 0.2) is 0 Å². The quantitative estimate of drug-likeness (QED) is 0.596. The molecule has 0 radical (unpaired) electrons. The van der Waals surface area contributed by atoms with Crippen molar-refractivity contribution in [3.63, 3.8) is 0 Å². The predicted molar refractivity (Wildman–Crippen MR) is 67.0 cm³/mol. The van der Waals surface area contributed by atoms with Crippen LogP contribution in [0.25, 0.3) is 10.9 Å². The Hall–Kier alpha value is -1.97. The predicted octanol–water partition coefficient (Wildman–Crippen LogP) is 3.49. The van der Waals surface area contributed by atoms with Crippen LogP contribution in [0.4, 0.5) is 5.69 Å². The van der Waals surface area contributed by atoms with E-state index < -0.39 is 0 Å². The van der Waals surface area contributed by atoms with Crippen molar-refractivity contribution < 1.29 is 4.92 Å². The summed E-state index contributed by atoms with van der Waals surface area (Å²) in [4.78, 5) is 14.9. The molecule has 0 atom stereocenters. The third-order valence-electron chi connectivity index (χ3n) is 2.85. The summed E-state index contributed by atoms with van der Waals surface area (Å²) in [5.74, 6) is 0. The van der Waals surface area contributed by atoms with Gasteiger partial charge in [-0.05, 0) is 25.0 Å². The molecule has 0 aliphatic heterocycles. The molecule has 4 heteroatoms.